The van der Waals surface area contributed by atoms with Crippen molar-refractivity contribution in [1.29, 1.82) is 0 Å². The predicted octanol–water partition coefficient (Wildman–Crippen LogP) is 13.8. The third-order valence-electron chi connectivity index (χ3n) is 13.0. The number of benzene rings is 6. The van der Waals surface area contributed by atoms with Crippen LogP contribution in [0.2, 0.25) is 0 Å². The van der Waals surface area contributed by atoms with E-state index in [0.717, 1.165) is 119 Å². The van der Waals surface area contributed by atoms with Crippen LogP contribution in [0.5, 0.6) is 46.0 Å². The molecule has 0 amide bonds. The van der Waals surface area contributed by atoms with Gasteiger partial charge < -0.3 is 42.6 Å². The second kappa shape index (κ2) is 26.8. The minimum atomic E-state index is -0.239. The van der Waals surface area contributed by atoms with Gasteiger partial charge in [-0.3, -0.25) is 0 Å². The predicted molar refractivity (Wildman–Crippen MR) is 282 cm³/mol. The number of fused-ring (bicyclic) bond motifs is 12. The van der Waals surface area contributed by atoms with Crippen LogP contribution in [0.25, 0.3) is 0 Å². The number of rotatable bonds is 12. The van der Waals surface area contributed by atoms with Crippen LogP contribution in [-0.4, -0.2) is 65.1 Å². The third-order valence-corrected chi connectivity index (χ3v) is 13.0. The number of ether oxygens (including phenoxy) is 9. The minimum Gasteiger partial charge on any atom is -0.493 e. The van der Waals surface area contributed by atoms with Crippen molar-refractivity contribution in [2.45, 2.75) is 117 Å². The van der Waals surface area contributed by atoms with E-state index in [9.17, 15) is 0 Å². The van der Waals surface area contributed by atoms with Crippen molar-refractivity contribution >= 4 is 0 Å². The summed E-state index contributed by atoms with van der Waals surface area (Å²) < 4.78 is 60.3. The Balaban J connectivity index is 1.28. The van der Waals surface area contributed by atoms with Crippen molar-refractivity contribution < 1.29 is 42.6 Å². The van der Waals surface area contributed by atoms with E-state index in [2.05, 4.69) is 100 Å². The Morgan fingerprint density at radius 1 is 0.380 bits per heavy atom. The Hall–Kier alpha value is -6.32. The van der Waals surface area contributed by atoms with Crippen molar-refractivity contribution in [2.75, 3.05) is 52.9 Å². The molecule has 9 rings (SSSR count). The quantitative estimate of drug-likeness (QED) is 0.111. The summed E-state index contributed by atoms with van der Waals surface area (Å²) in [7, 11) is 0. The molecule has 71 heavy (non-hydrogen) atoms. The minimum absolute atomic E-state index is 0.239. The molecule has 376 valence electrons. The van der Waals surface area contributed by atoms with E-state index in [1.807, 2.05) is 48.5 Å². The van der Waals surface area contributed by atoms with Crippen LogP contribution in [-0.2, 0) is 30.4 Å². The third kappa shape index (κ3) is 14.0. The van der Waals surface area contributed by atoms with Gasteiger partial charge in [0.15, 0.2) is 23.0 Å². The zero-order chi connectivity index (χ0) is 49.0. The van der Waals surface area contributed by atoms with Crippen LogP contribution >= 0.6 is 0 Å². The molecule has 0 saturated carbocycles. The molecule has 9 nitrogen and oxygen atoms in total. The van der Waals surface area contributed by atoms with Gasteiger partial charge in [0.1, 0.15) is 61.6 Å². The second-order valence-electron chi connectivity index (χ2n) is 18.6. The second-order valence-corrected chi connectivity index (χ2v) is 18.6. The molecule has 0 aromatic heterocycles. The van der Waals surface area contributed by atoms with E-state index in [-0.39, 0.29) is 12.2 Å². The van der Waals surface area contributed by atoms with Crippen LogP contribution in [0, 0.1) is 0 Å². The maximum absolute atomic E-state index is 7.16. The van der Waals surface area contributed by atoms with Gasteiger partial charge in [-0.25, -0.2) is 0 Å². The van der Waals surface area contributed by atoms with Crippen molar-refractivity contribution in [1.82, 2.24) is 0 Å². The molecule has 2 atom stereocenters. The van der Waals surface area contributed by atoms with Gasteiger partial charge in [0.2, 0.25) is 0 Å². The molecule has 6 aromatic rings. The first-order chi connectivity index (χ1) is 35.0. The van der Waals surface area contributed by atoms with E-state index in [1.165, 1.54) is 0 Å². The highest BCUT2D eigenvalue weighted by Crippen LogP contribution is 2.40. The molecule has 1 aliphatic carbocycles. The number of hydrogen-bond donors (Lipinski definition) is 0. The molecule has 9 heteroatoms. The van der Waals surface area contributed by atoms with Crippen LogP contribution in [0.3, 0.4) is 0 Å². The van der Waals surface area contributed by atoms with E-state index in [4.69, 9.17) is 42.6 Å². The molecule has 0 saturated heterocycles. The highest BCUT2D eigenvalue weighted by atomic mass is 16.6. The van der Waals surface area contributed by atoms with E-state index in [0.29, 0.717) is 102 Å². The monoisotopic (exact) mass is 963 g/mol. The molecular formula is C62H74O9. The summed E-state index contributed by atoms with van der Waals surface area (Å²) in [5, 5.41) is 0. The molecule has 0 N–H and O–H groups in total. The SMILES string of the molecule is CCCC[C@@H]1COc2c3cccc2Cc2cccc(c2OCCC)Cc2cccc(c2OC[C@H](CCCC)Oc2ccccc2OCCOCCOc2ccccc2O1)Cc1cccc(c1OCCC)C3. The summed E-state index contributed by atoms with van der Waals surface area (Å²) in [5.74, 6) is 6.25. The standard InChI is InChI=1S/C62H74O9/c1-5-9-27-53-43-68-61-49-23-17-24-50(61)40-46-20-16-22-48(60(46)67-34-8-4)42-52-26-18-25-51(41-47-21-15-19-45(39-49)59(47)66-33-7-3)62(52)69-44-54(28-10-6-2)71-58-32-14-12-30-56(58)65-38-36-63-35-37-64-55-29-11-13-31-57(55)70-53/h11-26,29-32,53-54H,5-10,27-28,33-44H2,1-4H3/t53-,54+. The smallest absolute Gasteiger partial charge is 0.161 e. The Bertz CT molecular complexity index is 2330. The number of hydrogen-bond acceptors (Lipinski definition) is 9. The molecule has 10 bridgehead atoms. The molecule has 0 radical (unpaired) electrons. The van der Waals surface area contributed by atoms with Crippen LogP contribution in [0.1, 0.15) is 124 Å². The van der Waals surface area contributed by atoms with Crippen LogP contribution < -0.4 is 37.9 Å². The zero-order valence-corrected chi connectivity index (χ0v) is 42.5. The molecule has 3 aliphatic rings. The molecular weight excluding hydrogens is 889 g/mol. The first kappa shape index (κ1) is 51.0. The Labute approximate surface area is 422 Å². The first-order valence-corrected chi connectivity index (χ1v) is 26.3. The molecule has 0 unspecified atom stereocenters. The maximum atomic E-state index is 7.16. The van der Waals surface area contributed by atoms with E-state index in [1.54, 1.807) is 0 Å². The van der Waals surface area contributed by atoms with Gasteiger partial charge in [-0.05, 0) is 107 Å². The van der Waals surface area contributed by atoms with Crippen LogP contribution in [0.15, 0.2) is 121 Å². The fraction of sp³-hybridized carbons (Fsp3) is 0.419. The van der Waals surface area contributed by atoms with Crippen molar-refractivity contribution in [2.24, 2.45) is 0 Å². The average Bonchev–Trinajstić information content (AvgIpc) is 3.38. The van der Waals surface area contributed by atoms with Gasteiger partial charge in [-0.15, -0.1) is 0 Å². The largest absolute Gasteiger partial charge is 0.493 e. The fourth-order valence-corrected chi connectivity index (χ4v) is 9.42. The van der Waals surface area contributed by atoms with E-state index >= 15 is 0 Å². The summed E-state index contributed by atoms with van der Waals surface area (Å²) in [6.45, 7) is 12.1. The Morgan fingerprint density at radius 3 is 1.08 bits per heavy atom. The molecule has 0 fully saturated rings. The lowest BCUT2D eigenvalue weighted by molar-refractivity contribution is 0.0702. The maximum Gasteiger partial charge on any atom is 0.161 e. The van der Waals surface area contributed by atoms with Gasteiger partial charge in [-0.2, -0.15) is 0 Å². The van der Waals surface area contributed by atoms with Crippen LogP contribution in [0.4, 0.5) is 0 Å². The summed E-state index contributed by atoms with van der Waals surface area (Å²) in [4.78, 5) is 0. The van der Waals surface area contributed by atoms with Gasteiger partial charge in [0.05, 0.1) is 26.4 Å². The highest BCUT2D eigenvalue weighted by molar-refractivity contribution is 5.56. The highest BCUT2D eigenvalue weighted by Gasteiger charge is 2.24. The fourth-order valence-electron chi connectivity index (χ4n) is 9.42. The van der Waals surface area contributed by atoms with Crippen molar-refractivity contribution in [3.05, 3.63) is 166 Å². The first-order valence-electron chi connectivity index (χ1n) is 26.3. The number of unbranched alkanes of at least 4 members (excludes halogenated alkanes) is 2. The van der Waals surface area contributed by atoms with Crippen molar-refractivity contribution in [3.8, 4) is 46.0 Å². The Morgan fingerprint density at radius 2 is 0.732 bits per heavy atom. The Kier molecular flexibility index (Phi) is 19.2. The summed E-state index contributed by atoms with van der Waals surface area (Å²) >= 11 is 0. The molecule has 0 spiro atoms. The molecule has 2 heterocycles. The van der Waals surface area contributed by atoms with Gasteiger partial charge in [0.25, 0.3) is 0 Å². The summed E-state index contributed by atoms with van der Waals surface area (Å²) in [6, 6.07) is 42.0. The van der Waals surface area contributed by atoms with Gasteiger partial charge >= 0.3 is 0 Å². The lowest BCUT2D eigenvalue weighted by Crippen LogP contribution is -2.26. The van der Waals surface area contributed by atoms with E-state index < -0.39 is 0 Å². The average molecular weight is 963 g/mol. The molecule has 2 aliphatic heterocycles. The summed E-state index contributed by atoms with van der Waals surface area (Å²) in [6.07, 6.45) is 9.41. The van der Waals surface area contributed by atoms with Gasteiger partial charge in [-0.1, -0.05) is 138 Å². The summed E-state index contributed by atoms with van der Waals surface area (Å²) in [5.41, 5.74) is 8.76. The molecule has 6 aromatic carbocycles. The zero-order valence-electron chi connectivity index (χ0n) is 42.5. The van der Waals surface area contributed by atoms with Gasteiger partial charge in [0, 0.05) is 25.7 Å². The lowest BCUT2D eigenvalue weighted by Gasteiger charge is -2.25. The lowest BCUT2D eigenvalue weighted by atomic mass is 9.91. The number of para-hydroxylation sites is 8. The van der Waals surface area contributed by atoms with Crippen molar-refractivity contribution in [3.63, 3.8) is 0 Å². The topological polar surface area (TPSA) is 83.1 Å². The normalized spacial score (nSPS) is 16.5.